The van der Waals surface area contributed by atoms with Crippen molar-refractivity contribution < 1.29 is 23.9 Å². The van der Waals surface area contributed by atoms with Gasteiger partial charge >= 0.3 is 12.0 Å². The average Bonchev–Trinajstić information content (AvgIpc) is 3.21. The van der Waals surface area contributed by atoms with Gasteiger partial charge in [0.1, 0.15) is 5.75 Å². The number of carbonyl (C=O) groups excluding carboxylic acids is 3. The lowest BCUT2D eigenvalue weighted by Gasteiger charge is -2.34. The van der Waals surface area contributed by atoms with Crippen molar-refractivity contribution in [1.29, 1.82) is 0 Å². The number of anilines is 1. The maximum atomic E-state index is 12.4. The third-order valence-electron chi connectivity index (χ3n) is 5.24. The molecule has 2 heterocycles. The number of para-hydroxylation sites is 1. The molecule has 1 atom stereocenters. The predicted octanol–water partition coefficient (Wildman–Crippen LogP) is 2.56. The molecule has 0 saturated carbocycles. The molecule has 0 aromatic heterocycles. The largest absolute Gasteiger partial charge is 0.478 e. The lowest BCUT2D eigenvalue weighted by molar-refractivity contribution is -0.157. The fraction of sp³-hybridized carbons (Fsp3) is 0.318. The summed E-state index contributed by atoms with van der Waals surface area (Å²) in [6.45, 7) is 1.21. The van der Waals surface area contributed by atoms with Gasteiger partial charge in [-0.1, -0.05) is 29.8 Å². The summed E-state index contributed by atoms with van der Waals surface area (Å²) in [5.41, 5.74) is 1.56. The Kier molecular flexibility index (Phi) is 6.27. The molecule has 31 heavy (non-hydrogen) atoms. The molecule has 1 unspecified atom stereocenters. The molecule has 162 valence electrons. The van der Waals surface area contributed by atoms with Crippen molar-refractivity contribution in [2.75, 3.05) is 38.1 Å². The predicted molar refractivity (Wildman–Crippen MR) is 114 cm³/mol. The van der Waals surface area contributed by atoms with Crippen molar-refractivity contribution in [2.24, 2.45) is 0 Å². The normalized spacial score (nSPS) is 17.5. The Balaban J connectivity index is 1.20. The van der Waals surface area contributed by atoms with Crippen molar-refractivity contribution in [3.8, 4) is 5.75 Å². The number of hydrogen-bond donors (Lipinski definition) is 1. The van der Waals surface area contributed by atoms with Crippen LogP contribution in [0, 0.1) is 0 Å². The van der Waals surface area contributed by atoms with Crippen LogP contribution in [0.5, 0.6) is 5.75 Å². The number of esters is 1. The zero-order valence-electron chi connectivity index (χ0n) is 16.8. The molecule has 2 aliphatic heterocycles. The fourth-order valence-electron chi connectivity index (χ4n) is 3.55. The molecule has 1 N–H and O–H groups in total. The van der Waals surface area contributed by atoms with Crippen LogP contribution in [-0.4, -0.2) is 66.6 Å². The molecule has 8 nitrogen and oxygen atoms in total. The quantitative estimate of drug-likeness (QED) is 0.734. The zero-order chi connectivity index (χ0) is 21.8. The fourth-order valence-corrected chi connectivity index (χ4v) is 3.74. The van der Waals surface area contributed by atoms with E-state index in [0.717, 1.165) is 11.3 Å². The first-order valence-corrected chi connectivity index (χ1v) is 10.4. The standard InChI is InChI=1S/C22H22ClN3O5/c23-16-6-7-18-15(12-16)13-19(31-18)21(28)30-14-20(27)25-8-10-26(11-9-25)22(29)24-17-4-2-1-3-5-17/h1-7,12,19H,8-11,13-14H2,(H,24,29). The second kappa shape index (κ2) is 9.26. The molecule has 2 aliphatic rings. The second-order valence-electron chi connectivity index (χ2n) is 7.33. The highest BCUT2D eigenvalue weighted by Gasteiger charge is 2.32. The summed E-state index contributed by atoms with van der Waals surface area (Å²) in [6, 6.07) is 14.1. The van der Waals surface area contributed by atoms with Gasteiger partial charge in [0, 0.05) is 43.3 Å². The zero-order valence-corrected chi connectivity index (χ0v) is 17.5. The Bertz CT molecular complexity index is 976. The molecular weight excluding hydrogens is 422 g/mol. The molecular formula is C22H22ClN3O5. The smallest absolute Gasteiger partial charge is 0.348 e. The van der Waals surface area contributed by atoms with Crippen LogP contribution in [-0.2, 0) is 20.7 Å². The van der Waals surface area contributed by atoms with Gasteiger partial charge in [-0.15, -0.1) is 0 Å². The highest BCUT2D eigenvalue weighted by molar-refractivity contribution is 6.30. The van der Waals surface area contributed by atoms with E-state index in [1.807, 2.05) is 30.3 Å². The van der Waals surface area contributed by atoms with E-state index in [1.54, 1.807) is 28.0 Å². The van der Waals surface area contributed by atoms with E-state index in [1.165, 1.54) is 0 Å². The van der Waals surface area contributed by atoms with Crippen LogP contribution < -0.4 is 10.1 Å². The van der Waals surface area contributed by atoms with E-state index in [4.69, 9.17) is 21.1 Å². The monoisotopic (exact) mass is 443 g/mol. The average molecular weight is 444 g/mol. The van der Waals surface area contributed by atoms with E-state index in [0.29, 0.717) is 43.4 Å². The molecule has 2 aromatic carbocycles. The number of halogens is 1. The molecule has 9 heteroatoms. The molecule has 1 fully saturated rings. The summed E-state index contributed by atoms with van der Waals surface area (Å²) in [5.74, 6) is -0.279. The van der Waals surface area contributed by atoms with E-state index >= 15 is 0 Å². The van der Waals surface area contributed by atoms with Gasteiger partial charge in [-0.3, -0.25) is 4.79 Å². The van der Waals surface area contributed by atoms with Gasteiger partial charge in [-0.05, 0) is 35.9 Å². The Labute approximate surface area is 184 Å². The second-order valence-corrected chi connectivity index (χ2v) is 7.77. The molecule has 1 saturated heterocycles. The molecule has 3 amide bonds. The van der Waals surface area contributed by atoms with Crippen LogP contribution in [0.3, 0.4) is 0 Å². The van der Waals surface area contributed by atoms with Crippen molar-refractivity contribution in [1.82, 2.24) is 9.80 Å². The van der Waals surface area contributed by atoms with Gasteiger partial charge in [0.25, 0.3) is 5.91 Å². The van der Waals surface area contributed by atoms with Crippen LogP contribution in [0.4, 0.5) is 10.5 Å². The minimum Gasteiger partial charge on any atom is -0.478 e. The van der Waals surface area contributed by atoms with Gasteiger partial charge in [-0.2, -0.15) is 0 Å². The Morgan fingerprint density at radius 3 is 2.48 bits per heavy atom. The van der Waals surface area contributed by atoms with E-state index < -0.39 is 12.1 Å². The lowest BCUT2D eigenvalue weighted by atomic mass is 10.1. The number of benzene rings is 2. The van der Waals surface area contributed by atoms with Gasteiger partial charge in [0.15, 0.2) is 12.7 Å². The maximum Gasteiger partial charge on any atom is 0.348 e. The molecule has 2 aromatic rings. The third-order valence-corrected chi connectivity index (χ3v) is 5.48. The number of rotatable bonds is 4. The number of nitrogens with one attached hydrogen (secondary N) is 1. The Morgan fingerprint density at radius 2 is 1.74 bits per heavy atom. The number of nitrogens with zero attached hydrogens (tertiary/aromatic N) is 2. The lowest BCUT2D eigenvalue weighted by Crippen LogP contribution is -2.52. The summed E-state index contributed by atoms with van der Waals surface area (Å²) in [7, 11) is 0. The van der Waals surface area contributed by atoms with Gasteiger partial charge in [-0.25, -0.2) is 9.59 Å². The number of hydrogen-bond acceptors (Lipinski definition) is 5. The van der Waals surface area contributed by atoms with E-state index in [9.17, 15) is 14.4 Å². The number of carbonyl (C=O) groups is 3. The van der Waals surface area contributed by atoms with E-state index in [-0.39, 0.29) is 18.5 Å². The molecule has 4 rings (SSSR count). The van der Waals surface area contributed by atoms with Crippen LogP contribution in [0.15, 0.2) is 48.5 Å². The minimum atomic E-state index is -0.778. The molecule has 0 radical (unpaired) electrons. The maximum absolute atomic E-state index is 12.4. The molecule has 0 aliphatic carbocycles. The van der Waals surface area contributed by atoms with Gasteiger partial charge < -0.3 is 24.6 Å². The number of fused-ring (bicyclic) bond motifs is 1. The topological polar surface area (TPSA) is 88.2 Å². The number of amides is 3. The number of piperazine rings is 1. The first kappa shape index (κ1) is 21.0. The van der Waals surface area contributed by atoms with Gasteiger partial charge in [0.05, 0.1) is 0 Å². The molecule has 0 bridgehead atoms. The highest BCUT2D eigenvalue weighted by Crippen LogP contribution is 2.31. The van der Waals surface area contributed by atoms with Crippen LogP contribution in [0.1, 0.15) is 5.56 Å². The third kappa shape index (κ3) is 5.08. The Morgan fingerprint density at radius 1 is 1.03 bits per heavy atom. The minimum absolute atomic E-state index is 0.206. The summed E-state index contributed by atoms with van der Waals surface area (Å²) >= 11 is 5.96. The van der Waals surface area contributed by atoms with Crippen molar-refractivity contribution in [2.45, 2.75) is 12.5 Å². The SMILES string of the molecule is O=C(OCC(=O)N1CCN(C(=O)Nc2ccccc2)CC1)C1Cc2cc(Cl)ccc2O1. The Hall–Kier alpha value is -3.26. The number of ether oxygens (including phenoxy) is 2. The first-order valence-electron chi connectivity index (χ1n) is 10.00. The highest BCUT2D eigenvalue weighted by atomic mass is 35.5. The van der Waals surface area contributed by atoms with Crippen molar-refractivity contribution >= 4 is 35.2 Å². The molecule has 0 spiro atoms. The summed E-state index contributed by atoms with van der Waals surface area (Å²) < 4.78 is 10.8. The van der Waals surface area contributed by atoms with Crippen LogP contribution in [0.2, 0.25) is 5.02 Å². The first-order chi connectivity index (χ1) is 15.0. The van der Waals surface area contributed by atoms with Crippen LogP contribution >= 0.6 is 11.6 Å². The van der Waals surface area contributed by atoms with E-state index in [2.05, 4.69) is 5.32 Å². The summed E-state index contributed by atoms with van der Waals surface area (Å²) in [6.07, 6.45) is -0.419. The van der Waals surface area contributed by atoms with Crippen molar-refractivity contribution in [3.63, 3.8) is 0 Å². The number of urea groups is 1. The van der Waals surface area contributed by atoms with Crippen LogP contribution in [0.25, 0.3) is 0 Å². The van der Waals surface area contributed by atoms with Crippen molar-refractivity contribution in [3.05, 3.63) is 59.1 Å². The van der Waals surface area contributed by atoms with Gasteiger partial charge in [0.2, 0.25) is 0 Å². The summed E-state index contributed by atoms with van der Waals surface area (Å²) in [5, 5.41) is 3.40. The summed E-state index contributed by atoms with van der Waals surface area (Å²) in [4.78, 5) is 40.3.